The Morgan fingerprint density at radius 3 is 2.05 bits per heavy atom. The Hall–Kier alpha value is -3.16. The zero-order valence-electron chi connectivity index (χ0n) is 21.7. The summed E-state index contributed by atoms with van der Waals surface area (Å²) in [5.74, 6) is -3.21. The van der Waals surface area contributed by atoms with Gasteiger partial charge in [0, 0.05) is 12.8 Å². The van der Waals surface area contributed by atoms with Crippen molar-refractivity contribution in [2.75, 3.05) is 18.6 Å². The van der Waals surface area contributed by atoms with Gasteiger partial charge in [-0.1, -0.05) is 30.3 Å². The lowest BCUT2D eigenvalue weighted by Gasteiger charge is -2.25. The lowest BCUT2D eigenvalue weighted by atomic mass is 10.0. The first-order valence-electron chi connectivity index (χ1n) is 12.5. The lowest BCUT2D eigenvalue weighted by molar-refractivity contribution is -0.142. The summed E-state index contributed by atoms with van der Waals surface area (Å²) in [6, 6.07) is 4.50. The predicted octanol–water partition coefficient (Wildman–Crippen LogP) is -0.757. The number of nitrogens with two attached hydrogens (primary N) is 3. The average molecular weight is 553 g/mol. The molecule has 0 saturated carbocycles. The molecule has 0 spiro atoms. The summed E-state index contributed by atoms with van der Waals surface area (Å²) in [4.78, 5) is 62.1. The molecule has 4 atom stereocenters. The first kappa shape index (κ1) is 32.9. The predicted molar refractivity (Wildman–Crippen MR) is 146 cm³/mol. The van der Waals surface area contributed by atoms with Crippen molar-refractivity contribution in [1.29, 1.82) is 0 Å². The molecule has 0 fully saturated rings. The van der Waals surface area contributed by atoms with Crippen molar-refractivity contribution in [1.82, 2.24) is 16.0 Å². The normalized spacial score (nSPS) is 14.0. The van der Waals surface area contributed by atoms with Crippen molar-refractivity contribution in [2.45, 2.75) is 69.1 Å². The first-order valence-corrected chi connectivity index (χ1v) is 13.9. The first-order chi connectivity index (χ1) is 18.1. The van der Waals surface area contributed by atoms with Crippen LogP contribution in [-0.4, -0.2) is 77.4 Å². The summed E-state index contributed by atoms with van der Waals surface area (Å²) >= 11 is 1.52. The Kier molecular flexibility index (Phi) is 15.7. The van der Waals surface area contributed by atoms with E-state index in [1.165, 1.54) is 11.8 Å². The molecule has 1 aromatic carbocycles. The van der Waals surface area contributed by atoms with Gasteiger partial charge in [-0.3, -0.25) is 19.2 Å². The van der Waals surface area contributed by atoms with Crippen LogP contribution in [0.25, 0.3) is 0 Å². The Bertz CT molecular complexity index is 919. The molecule has 1 aromatic rings. The van der Waals surface area contributed by atoms with Gasteiger partial charge in [-0.15, -0.1) is 0 Å². The van der Waals surface area contributed by atoms with E-state index < -0.39 is 53.8 Å². The lowest BCUT2D eigenvalue weighted by Crippen LogP contribution is -2.57. The van der Waals surface area contributed by atoms with E-state index in [0.717, 1.165) is 5.56 Å². The number of nitrogens with one attached hydrogen (secondary N) is 3. The van der Waals surface area contributed by atoms with Gasteiger partial charge in [-0.05, 0) is 56.2 Å². The number of carboxylic acid groups (broad SMARTS) is 1. The number of benzene rings is 1. The number of aliphatic carboxylic acids is 1. The monoisotopic (exact) mass is 552 g/mol. The SMILES string of the molecule is CSCCC(N)C(=O)NC(CCC(N)=O)C(=O)NC(Cc1ccccc1)C(=O)NC(CCCCN)C(=O)O. The van der Waals surface area contributed by atoms with Crippen LogP contribution < -0.4 is 33.2 Å². The van der Waals surface area contributed by atoms with Gasteiger partial charge in [0.1, 0.15) is 18.1 Å². The smallest absolute Gasteiger partial charge is 0.326 e. The highest BCUT2D eigenvalue weighted by atomic mass is 32.2. The zero-order chi connectivity index (χ0) is 28.5. The molecule has 0 radical (unpaired) electrons. The summed E-state index contributed by atoms with van der Waals surface area (Å²) in [6.07, 6.45) is 3.32. The van der Waals surface area contributed by atoms with Crippen molar-refractivity contribution in [3.8, 4) is 0 Å². The summed E-state index contributed by atoms with van der Waals surface area (Å²) in [6.45, 7) is 0.395. The second-order valence-corrected chi connectivity index (χ2v) is 9.87. The maximum absolute atomic E-state index is 13.2. The van der Waals surface area contributed by atoms with Crippen molar-refractivity contribution in [3.63, 3.8) is 0 Å². The van der Waals surface area contributed by atoms with Crippen LogP contribution in [-0.2, 0) is 30.4 Å². The standard InChI is InChI=1S/C25H40N6O6S/c1-38-14-12-17(27)22(33)29-18(10-11-21(28)32)23(34)31-20(15-16-7-3-2-4-8-16)24(35)30-19(25(36)37)9-5-6-13-26/h2-4,7-8,17-20H,5-6,9-15,26-27H2,1H3,(H2,28,32)(H,29,33)(H,30,35)(H,31,34)(H,36,37). The molecule has 4 unspecified atom stereocenters. The number of carbonyl (C=O) groups excluding carboxylic acids is 4. The minimum atomic E-state index is -1.20. The molecular formula is C25H40N6O6S. The third-order valence-electron chi connectivity index (χ3n) is 5.76. The molecule has 0 aromatic heterocycles. The van der Waals surface area contributed by atoms with E-state index in [2.05, 4.69) is 16.0 Å². The fourth-order valence-corrected chi connectivity index (χ4v) is 4.05. The van der Waals surface area contributed by atoms with E-state index in [1.54, 1.807) is 30.3 Å². The third kappa shape index (κ3) is 12.9. The molecule has 1 rings (SSSR count). The molecule has 212 valence electrons. The van der Waals surface area contributed by atoms with Crippen molar-refractivity contribution < 1.29 is 29.1 Å². The molecule has 38 heavy (non-hydrogen) atoms. The minimum absolute atomic E-state index is 0.0667. The fraction of sp³-hybridized carbons (Fsp3) is 0.560. The number of amides is 4. The van der Waals surface area contributed by atoms with Crippen LogP contribution in [0, 0.1) is 0 Å². The van der Waals surface area contributed by atoms with Gasteiger partial charge in [0.2, 0.25) is 23.6 Å². The number of unbranched alkanes of at least 4 members (excludes halogenated alkanes) is 1. The summed E-state index contributed by atoms with van der Waals surface area (Å²) in [5, 5.41) is 17.2. The number of hydrogen-bond donors (Lipinski definition) is 7. The van der Waals surface area contributed by atoms with Gasteiger partial charge in [0.15, 0.2) is 0 Å². The highest BCUT2D eigenvalue weighted by Gasteiger charge is 2.30. The maximum atomic E-state index is 13.2. The number of carbonyl (C=O) groups is 5. The number of carboxylic acids is 1. The maximum Gasteiger partial charge on any atom is 0.326 e. The molecule has 0 aliphatic heterocycles. The van der Waals surface area contributed by atoms with Crippen LogP contribution in [0.15, 0.2) is 30.3 Å². The third-order valence-corrected chi connectivity index (χ3v) is 6.40. The van der Waals surface area contributed by atoms with E-state index >= 15 is 0 Å². The van der Waals surface area contributed by atoms with Crippen molar-refractivity contribution in [2.24, 2.45) is 17.2 Å². The van der Waals surface area contributed by atoms with E-state index in [0.29, 0.717) is 31.6 Å². The van der Waals surface area contributed by atoms with Crippen LogP contribution in [0.5, 0.6) is 0 Å². The van der Waals surface area contributed by atoms with Crippen molar-refractivity contribution in [3.05, 3.63) is 35.9 Å². The molecule has 4 amide bonds. The molecule has 0 aliphatic rings. The van der Waals surface area contributed by atoms with Crippen LogP contribution in [0.1, 0.15) is 44.1 Å². The van der Waals surface area contributed by atoms with Crippen LogP contribution in [0.2, 0.25) is 0 Å². The Labute approximate surface area is 227 Å². The van der Waals surface area contributed by atoms with Gasteiger partial charge in [-0.2, -0.15) is 11.8 Å². The molecule has 12 nitrogen and oxygen atoms in total. The fourth-order valence-electron chi connectivity index (χ4n) is 3.56. The average Bonchev–Trinajstić information content (AvgIpc) is 2.88. The summed E-state index contributed by atoms with van der Waals surface area (Å²) < 4.78 is 0. The highest BCUT2D eigenvalue weighted by molar-refractivity contribution is 7.98. The summed E-state index contributed by atoms with van der Waals surface area (Å²) in [5.41, 5.74) is 17.4. The van der Waals surface area contributed by atoms with Gasteiger partial charge in [-0.25, -0.2) is 4.79 Å². The molecule has 0 heterocycles. The Morgan fingerprint density at radius 1 is 0.868 bits per heavy atom. The van der Waals surface area contributed by atoms with Crippen molar-refractivity contribution >= 4 is 41.4 Å². The number of primary amides is 1. The number of thioether (sulfide) groups is 1. The van der Waals surface area contributed by atoms with Crippen LogP contribution >= 0.6 is 11.8 Å². The Balaban J connectivity index is 3.09. The van der Waals surface area contributed by atoms with Crippen LogP contribution in [0.3, 0.4) is 0 Å². The van der Waals surface area contributed by atoms with E-state index in [9.17, 15) is 29.1 Å². The van der Waals surface area contributed by atoms with Crippen LogP contribution in [0.4, 0.5) is 0 Å². The molecule has 0 aliphatic carbocycles. The largest absolute Gasteiger partial charge is 0.480 e. The van der Waals surface area contributed by atoms with Gasteiger partial charge in [0.25, 0.3) is 0 Å². The van der Waals surface area contributed by atoms with Gasteiger partial charge >= 0.3 is 5.97 Å². The second-order valence-electron chi connectivity index (χ2n) is 8.89. The topological polar surface area (TPSA) is 220 Å². The van der Waals surface area contributed by atoms with E-state index in [4.69, 9.17) is 17.2 Å². The molecular weight excluding hydrogens is 512 g/mol. The minimum Gasteiger partial charge on any atom is -0.480 e. The van der Waals surface area contributed by atoms with Gasteiger partial charge in [0.05, 0.1) is 6.04 Å². The van der Waals surface area contributed by atoms with Gasteiger partial charge < -0.3 is 38.3 Å². The quantitative estimate of drug-likeness (QED) is 0.107. The number of rotatable bonds is 19. The molecule has 0 saturated heterocycles. The molecule has 0 bridgehead atoms. The summed E-state index contributed by atoms with van der Waals surface area (Å²) in [7, 11) is 0. The molecule has 10 N–H and O–H groups in total. The van der Waals surface area contributed by atoms with E-state index in [-0.39, 0.29) is 25.7 Å². The second kappa shape index (κ2) is 18.2. The Morgan fingerprint density at radius 2 is 1.47 bits per heavy atom. The number of hydrogen-bond acceptors (Lipinski definition) is 8. The zero-order valence-corrected chi connectivity index (χ0v) is 22.5. The highest BCUT2D eigenvalue weighted by Crippen LogP contribution is 2.08. The van der Waals surface area contributed by atoms with E-state index in [1.807, 2.05) is 6.26 Å². The molecule has 13 heteroatoms.